The summed E-state index contributed by atoms with van der Waals surface area (Å²) in [5, 5.41) is 12.1. The Morgan fingerprint density at radius 3 is 1.18 bits per heavy atom. The monoisotopic (exact) mass is 776 g/mol. The molecular weight excluding hydrogens is 702 g/mol. The predicted octanol–water partition coefficient (Wildman–Crippen LogP) is 12.0. The van der Waals surface area contributed by atoms with E-state index in [-0.39, 0.29) is 0 Å². The van der Waals surface area contributed by atoms with Crippen molar-refractivity contribution < 1.29 is 5.11 Å². The molecule has 0 bridgehead atoms. The minimum atomic E-state index is -2.73. The third kappa shape index (κ3) is 14.9. The van der Waals surface area contributed by atoms with Crippen LogP contribution in [0.1, 0.15) is 125 Å². The molecule has 2 atom stereocenters. The maximum atomic E-state index is 12.1. The molecule has 0 aliphatic carbocycles. The summed E-state index contributed by atoms with van der Waals surface area (Å²) in [7, 11) is -1.55. The summed E-state index contributed by atoms with van der Waals surface area (Å²) in [6.07, 6.45) is 19.2. The molecule has 230 valence electrons. The van der Waals surface area contributed by atoms with Crippen LogP contribution in [-0.4, -0.2) is 56.0 Å². The van der Waals surface area contributed by atoms with Gasteiger partial charge in [0.15, 0.2) is 0 Å². The molecule has 0 rings (SSSR count). The summed E-state index contributed by atoms with van der Waals surface area (Å²) in [5.41, 5.74) is 3.63. The topological polar surface area (TPSA) is 20.2 Å². The zero-order valence-corrected chi connectivity index (χ0v) is 35.1. The summed E-state index contributed by atoms with van der Waals surface area (Å²) < 4.78 is 10.3. The van der Waals surface area contributed by atoms with E-state index in [0.717, 1.165) is 8.37 Å². The standard InChI is InChI=1S/C11H18OSi.6C4H9.2Sn/c1-6-7-10(2)11(12)8-9-13(3,4)5;6*1-3-4-2;;/h2,6,10-12H,1,7H2,3-5H3;6*1,3-4H2,2H3;;/t10-,11-;;;;;;;;/m0......../s1. The molecule has 0 amide bonds. The van der Waals surface area contributed by atoms with Crippen LogP contribution < -0.4 is 0 Å². The number of hydrogen-bond acceptors (Lipinski definition) is 1. The summed E-state index contributed by atoms with van der Waals surface area (Å²) in [5.74, 6) is 3.91. The van der Waals surface area contributed by atoms with Gasteiger partial charge in [-0.15, -0.1) is 0 Å². The van der Waals surface area contributed by atoms with Gasteiger partial charge in [0.05, 0.1) is 0 Å². The van der Waals surface area contributed by atoms with Gasteiger partial charge in [-0.1, -0.05) is 0 Å². The Morgan fingerprint density at radius 1 is 0.641 bits per heavy atom. The third-order valence-electron chi connectivity index (χ3n) is 9.36. The van der Waals surface area contributed by atoms with Crippen LogP contribution in [0.25, 0.3) is 0 Å². The van der Waals surface area contributed by atoms with E-state index in [1.54, 1.807) is 26.6 Å². The molecule has 1 N–H and O–H groups in total. The van der Waals surface area contributed by atoms with Crippen LogP contribution in [0.4, 0.5) is 0 Å². The van der Waals surface area contributed by atoms with E-state index < -0.39 is 50.9 Å². The fourth-order valence-corrected chi connectivity index (χ4v) is 87.9. The average molecular weight is 774 g/mol. The van der Waals surface area contributed by atoms with E-state index in [1.807, 2.05) is 0 Å². The molecule has 0 spiro atoms. The van der Waals surface area contributed by atoms with E-state index >= 15 is 0 Å². The van der Waals surface area contributed by atoms with Gasteiger partial charge < -0.3 is 0 Å². The molecule has 0 fully saturated rings. The van der Waals surface area contributed by atoms with E-state index in [9.17, 15) is 5.11 Å². The van der Waals surface area contributed by atoms with Crippen LogP contribution in [0.2, 0.25) is 48.2 Å². The van der Waals surface area contributed by atoms with Crippen LogP contribution in [0, 0.1) is 17.4 Å². The molecule has 0 radical (unpaired) electrons. The van der Waals surface area contributed by atoms with Crippen LogP contribution in [0.5, 0.6) is 0 Å². The van der Waals surface area contributed by atoms with Crippen molar-refractivity contribution in [2.24, 2.45) is 5.92 Å². The van der Waals surface area contributed by atoms with Gasteiger partial charge in [0.2, 0.25) is 0 Å². The first-order chi connectivity index (χ1) is 18.6. The van der Waals surface area contributed by atoms with Crippen LogP contribution >= 0.6 is 0 Å². The van der Waals surface area contributed by atoms with Crippen molar-refractivity contribution in [2.75, 3.05) is 0 Å². The minimum absolute atomic E-state index is 0.356. The average Bonchev–Trinajstić information content (AvgIpc) is 2.91. The molecule has 1 nitrogen and oxygen atoms in total. The predicted molar refractivity (Wildman–Crippen MR) is 189 cm³/mol. The van der Waals surface area contributed by atoms with Gasteiger partial charge in [-0.3, -0.25) is 0 Å². The van der Waals surface area contributed by atoms with Crippen LogP contribution in [-0.2, 0) is 0 Å². The first-order valence-corrected chi connectivity index (χ1v) is 36.3. The van der Waals surface area contributed by atoms with Gasteiger partial charge in [-0.05, 0) is 0 Å². The fourth-order valence-electron chi connectivity index (χ4n) is 7.45. The summed E-state index contributed by atoms with van der Waals surface area (Å²) >= 11 is -5.46. The molecule has 0 aromatic heterocycles. The Balaban J connectivity index is 7.57. The molecule has 0 aromatic rings. The number of hydrogen-bond donors (Lipinski definition) is 1. The van der Waals surface area contributed by atoms with Crippen LogP contribution in [0.15, 0.2) is 12.7 Å². The zero-order chi connectivity index (χ0) is 29.8. The molecule has 0 saturated carbocycles. The Bertz CT molecular complexity index is 599. The first kappa shape index (κ1) is 40.1. The molecule has 39 heavy (non-hydrogen) atoms. The molecule has 0 saturated heterocycles. The second-order valence-electron chi connectivity index (χ2n) is 14.0. The van der Waals surface area contributed by atoms with E-state index in [2.05, 4.69) is 85.3 Å². The molecule has 0 aliphatic rings. The van der Waals surface area contributed by atoms with Crippen molar-refractivity contribution in [3.8, 4) is 11.5 Å². The van der Waals surface area contributed by atoms with Crippen molar-refractivity contribution in [1.29, 1.82) is 0 Å². The van der Waals surface area contributed by atoms with Gasteiger partial charge in [0.1, 0.15) is 0 Å². The second kappa shape index (κ2) is 22.6. The number of rotatable bonds is 24. The molecule has 0 aromatic carbocycles. The number of aliphatic hydroxyl groups is 1. The molecule has 4 heteroatoms. The summed E-state index contributed by atoms with van der Waals surface area (Å²) in [6, 6.07) is 0. The molecule has 0 heterocycles. The number of aliphatic hydroxyl groups excluding tert-OH is 1. The quantitative estimate of drug-likeness (QED) is 0.0588. The Hall–Kier alpha value is 1.07. The van der Waals surface area contributed by atoms with Crippen molar-refractivity contribution in [1.82, 2.24) is 0 Å². The SMILES string of the molecule is C=CC[C@H]([CH]([Sn]([CH2]CCC)([CH2]CCC)[CH2]CCC)[Sn]([CH2]CCC)([CH2]CCC)[CH2]CCC)[C@@H](O)C#C[Si](C)(C)C. The number of allylic oxidation sites excluding steroid dienone is 1. The fraction of sp³-hybridized carbons (Fsp3) is 0.886. The van der Waals surface area contributed by atoms with Gasteiger partial charge >= 0.3 is 259 Å². The van der Waals surface area contributed by atoms with Crippen LogP contribution in [0.3, 0.4) is 0 Å². The van der Waals surface area contributed by atoms with Gasteiger partial charge in [0.25, 0.3) is 0 Å². The summed E-state index contributed by atoms with van der Waals surface area (Å²) in [4.78, 5) is 0. The van der Waals surface area contributed by atoms with Crippen molar-refractivity contribution >= 4 is 44.8 Å². The van der Waals surface area contributed by atoms with Gasteiger partial charge in [-0.25, -0.2) is 0 Å². The van der Waals surface area contributed by atoms with Crippen molar-refractivity contribution in [3.63, 3.8) is 0 Å². The maximum absolute atomic E-state index is 12.1. The first-order valence-electron chi connectivity index (χ1n) is 17.4. The van der Waals surface area contributed by atoms with E-state index in [1.165, 1.54) is 77.0 Å². The normalized spacial score (nSPS) is 14.2. The molecule has 0 aliphatic heterocycles. The molecule has 0 unspecified atom stereocenters. The van der Waals surface area contributed by atoms with Gasteiger partial charge in [-0.2, -0.15) is 0 Å². The van der Waals surface area contributed by atoms with Crippen molar-refractivity contribution in [2.45, 2.75) is 179 Å². The summed E-state index contributed by atoms with van der Waals surface area (Å²) in [6.45, 7) is 25.8. The van der Waals surface area contributed by atoms with Crippen molar-refractivity contribution in [3.05, 3.63) is 12.7 Å². The van der Waals surface area contributed by atoms with E-state index in [4.69, 9.17) is 0 Å². The van der Waals surface area contributed by atoms with Gasteiger partial charge in [0, 0.05) is 0 Å². The van der Waals surface area contributed by atoms with E-state index in [0.29, 0.717) is 5.92 Å². The second-order valence-corrected chi connectivity index (χ2v) is 51.1. The zero-order valence-electron chi connectivity index (χ0n) is 28.4. The Morgan fingerprint density at radius 2 is 0.949 bits per heavy atom. The Labute approximate surface area is 257 Å². The Kier molecular flexibility index (Phi) is 23.2. The third-order valence-corrected chi connectivity index (χ3v) is 66.8. The number of unbranched alkanes of at least 4 members (excludes halogenated alkanes) is 6. The molecular formula is C35H72OSiSn2.